The van der Waals surface area contributed by atoms with Crippen LogP contribution in [-0.2, 0) is 16.0 Å². The number of likely N-dealkylation sites (tertiary alicyclic amines) is 1. The quantitative estimate of drug-likeness (QED) is 0.608. The fraction of sp³-hybridized carbons (Fsp3) is 0.407. The van der Waals surface area contributed by atoms with Crippen LogP contribution in [0.25, 0.3) is 5.57 Å². The maximum Gasteiger partial charge on any atom is 0.282 e. The van der Waals surface area contributed by atoms with E-state index in [1.807, 2.05) is 30.3 Å². The Morgan fingerprint density at radius 3 is 2.09 bits per heavy atom. The van der Waals surface area contributed by atoms with Gasteiger partial charge in [0.25, 0.3) is 11.8 Å². The fourth-order valence-electron chi connectivity index (χ4n) is 5.02. The third-order valence-corrected chi connectivity index (χ3v) is 6.52. The molecule has 0 bridgehead atoms. The standard InChI is InChI=1S/C27H32N2O4/c1-6-19-7-10-21(11-8-19)29-26(30)24(20-9-12-22(32-4)23(14-20)33-5)25(27(29)31)28-15-17(2)13-18(3)16-28/h7-12,14,17-18H,6,13,15-16H2,1-5H3. The van der Waals surface area contributed by atoms with E-state index < -0.39 is 0 Å². The van der Waals surface area contributed by atoms with Crippen molar-refractivity contribution >= 4 is 23.1 Å². The van der Waals surface area contributed by atoms with E-state index in [0.717, 1.165) is 31.5 Å². The Balaban J connectivity index is 1.84. The van der Waals surface area contributed by atoms with E-state index in [0.29, 0.717) is 45.9 Å². The van der Waals surface area contributed by atoms with E-state index in [2.05, 4.69) is 25.7 Å². The summed E-state index contributed by atoms with van der Waals surface area (Å²) in [5.74, 6) is 1.40. The second-order valence-electron chi connectivity index (χ2n) is 9.11. The average molecular weight is 449 g/mol. The first-order valence-electron chi connectivity index (χ1n) is 11.6. The molecule has 4 rings (SSSR count). The molecular weight excluding hydrogens is 416 g/mol. The number of rotatable bonds is 6. The van der Waals surface area contributed by atoms with E-state index in [1.54, 1.807) is 26.4 Å². The van der Waals surface area contributed by atoms with Crippen LogP contribution in [0.2, 0.25) is 0 Å². The van der Waals surface area contributed by atoms with Crippen molar-refractivity contribution in [3.05, 3.63) is 59.3 Å². The zero-order valence-corrected chi connectivity index (χ0v) is 20.1. The summed E-state index contributed by atoms with van der Waals surface area (Å²) >= 11 is 0. The van der Waals surface area contributed by atoms with Crippen LogP contribution in [0.5, 0.6) is 11.5 Å². The topological polar surface area (TPSA) is 59.1 Å². The minimum absolute atomic E-state index is 0.268. The first-order chi connectivity index (χ1) is 15.9. The Hall–Kier alpha value is -3.28. The number of benzene rings is 2. The van der Waals surface area contributed by atoms with Crippen LogP contribution >= 0.6 is 0 Å². The Morgan fingerprint density at radius 2 is 1.52 bits per heavy atom. The van der Waals surface area contributed by atoms with Crippen LogP contribution in [0.15, 0.2) is 48.2 Å². The van der Waals surface area contributed by atoms with Gasteiger partial charge in [-0.3, -0.25) is 9.59 Å². The molecule has 0 radical (unpaired) electrons. The predicted octanol–water partition coefficient (Wildman–Crippen LogP) is 4.53. The summed E-state index contributed by atoms with van der Waals surface area (Å²) in [5, 5.41) is 0. The van der Waals surface area contributed by atoms with Gasteiger partial charge in [-0.25, -0.2) is 4.90 Å². The number of nitrogens with zero attached hydrogens (tertiary/aromatic N) is 2. The third-order valence-electron chi connectivity index (χ3n) is 6.52. The van der Waals surface area contributed by atoms with E-state index in [-0.39, 0.29) is 11.8 Å². The molecule has 1 fully saturated rings. The summed E-state index contributed by atoms with van der Waals surface area (Å²) in [5.41, 5.74) is 3.30. The third kappa shape index (κ3) is 4.22. The summed E-state index contributed by atoms with van der Waals surface area (Å²) < 4.78 is 10.9. The number of imide groups is 1. The molecule has 2 unspecified atom stereocenters. The van der Waals surface area contributed by atoms with Crippen LogP contribution in [0.1, 0.15) is 38.3 Å². The smallest absolute Gasteiger partial charge is 0.282 e. The maximum absolute atomic E-state index is 13.8. The molecule has 2 amide bonds. The van der Waals surface area contributed by atoms with E-state index >= 15 is 0 Å². The van der Waals surface area contributed by atoms with Gasteiger partial charge < -0.3 is 14.4 Å². The highest BCUT2D eigenvalue weighted by molar-refractivity contribution is 6.45. The molecule has 2 aromatic rings. The summed E-state index contributed by atoms with van der Waals surface area (Å²) in [7, 11) is 3.14. The molecule has 1 saturated heterocycles. The molecular formula is C27H32N2O4. The lowest BCUT2D eigenvalue weighted by molar-refractivity contribution is -0.120. The molecule has 2 aliphatic rings. The molecule has 33 heavy (non-hydrogen) atoms. The lowest BCUT2D eigenvalue weighted by atomic mass is 9.91. The largest absolute Gasteiger partial charge is 0.493 e. The van der Waals surface area contributed by atoms with Gasteiger partial charge in [-0.2, -0.15) is 0 Å². The van der Waals surface area contributed by atoms with Gasteiger partial charge in [-0.15, -0.1) is 0 Å². The molecule has 2 heterocycles. The van der Waals surface area contributed by atoms with Gasteiger partial charge in [0.05, 0.1) is 25.5 Å². The van der Waals surface area contributed by atoms with E-state index in [4.69, 9.17) is 9.47 Å². The molecule has 0 saturated carbocycles. The predicted molar refractivity (Wildman–Crippen MR) is 129 cm³/mol. The molecule has 0 aromatic heterocycles. The normalized spacial score (nSPS) is 21.1. The zero-order valence-electron chi connectivity index (χ0n) is 20.1. The number of carbonyl (C=O) groups is 2. The van der Waals surface area contributed by atoms with Gasteiger partial charge in [0.15, 0.2) is 11.5 Å². The lowest BCUT2D eigenvalue weighted by Gasteiger charge is -2.37. The molecule has 6 heteroatoms. The number of anilines is 1. The van der Waals surface area contributed by atoms with Gasteiger partial charge in [-0.05, 0) is 60.1 Å². The summed E-state index contributed by atoms with van der Waals surface area (Å²) in [6.45, 7) is 7.97. The minimum Gasteiger partial charge on any atom is -0.493 e. The highest BCUT2D eigenvalue weighted by Gasteiger charge is 2.43. The van der Waals surface area contributed by atoms with Crippen molar-refractivity contribution in [1.29, 1.82) is 0 Å². The van der Waals surface area contributed by atoms with E-state index in [1.165, 1.54) is 4.90 Å². The monoisotopic (exact) mass is 448 g/mol. The van der Waals surface area contributed by atoms with Crippen molar-refractivity contribution < 1.29 is 19.1 Å². The highest BCUT2D eigenvalue weighted by Crippen LogP contribution is 2.39. The number of carbonyl (C=O) groups excluding carboxylic acids is 2. The summed E-state index contributed by atoms with van der Waals surface area (Å²) in [6, 6.07) is 13.0. The van der Waals surface area contributed by atoms with Crippen molar-refractivity contribution in [2.45, 2.75) is 33.6 Å². The fourth-order valence-corrected chi connectivity index (χ4v) is 5.02. The molecule has 174 valence electrons. The average Bonchev–Trinajstić information content (AvgIpc) is 3.07. The molecule has 2 aromatic carbocycles. The van der Waals surface area contributed by atoms with Crippen LogP contribution in [0.4, 0.5) is 5.69 Å². The number of hydrogen-bond acceptors (Lipinski definition) is 5. The van der Waals surface area contributed by atoms with Gasteiger partial charge in [-0.1, -0.05) is 39.0 Å². The Kier molecular flexibility index (Phi) is 6.45. The van der Waals surface area contributed by atoms with Crippen LogP contribution in [0.3, 0.4) is 0 Å². The SMILES string of the molecule is CCc1ccc(N2C(=O)C(c3ccc(OC)c(OC)c3)=C(N3CC(C)CC(C)C3)C2=O)cc1. The first-order valence-corrected chi connectivity index (χ1v) is 11.6. The number of ether oxygens (including phenoxy) is 2. The summed E-state index contributed by atoms with van der Waals surface area (Å²) in [6.07, 6.45) is 2.01. The van der Waals surface area contributed by atoms with Gasteiger partial charge in [0, 0.05) is 13.1 Å². The van der Waals surface area contributed by atoms with Crippen LogP contribution in [-0.4, -0.2) is 44.0 Å². The lowest BCUT2D eigenvalue weighted by Crippen LogP contribution is -2.42. The zero-order chi connectivity index (χ0) is 23.7. The van der Waals surface area contributed by atoms with Crippen molar-refractivity contribution in [2.24, 2.45) is 11.8 Å². The van der Waals surface area contributed by atoms with Gasteiger partial charge in [0.1, 0.15) is 5.70 Å². The van der Waals surface area contributed by atoms with Crippen molar-refractivity contribution in [1.82, 2.24) is 4.90 Å². The molecule has 6 nitrogen and oxygen atoms in total. The van der Waals surface area contributed by atoms with Crippen LogP contribution < -0.4 is 14.4 Å². The first kappa shape index (κ1) is 22.9. The second kappa shape index (κ2) is 9.30. The Bertz CT molecular complexity index is 1080. The number of hydrogen-bond donors (Lipinski definition) is 0. The van der Waals surface area contributed by atoms with Crippen molar-refractivity contribution in [3.8, 4) is 11.5 Å². The van der Waals surface area contributed by atoms with Gasteiger partial charge >= 0.3 is 0 Å². The molecule has 2 aliphatic heterocycles. The second-order valence-corrected chi connectivity index (χ2v) is 9.11. The molecule has 0 aliphatic carbocycles. The van der Waals surface area contributed by atoms with Crippen molar-refractivity contribution in [3.63, 3.8) is 0 Å². The Labute approximate surface area is 195 Å². The van der Waals surface area contributed by atoms with Crippen LogP contribution in [0, 0.1) is 11.8 Å². The number of piperidine rings is 1. The maximum atomic E-state index is 13.8. The number of aryl methyl sites for hydroxylation is 1. The summed E-state index contributed by atoms with van der Waals surface area (Å²) in [4.78, 5) is 31.0. The van der Waals surface area contributed by atoms with E-state index in [9.17, 15) is 9.59 Å². The number of amides is 2. The number of methoxy groups -OCH3 is 2. The van der Waals surface area contributed by atoms with Crippen molar-refractivity contribution in [2.75, 3.05) is 32.2 Å². The Morgan fingerprint density at radius 1 is 0.879 bits per heavy atom. The minimum atomic E-state index is -0.308. The van der Waals surface area contributed by atoms with Gasteiger partial charge in [0.2, 0.25) is 0 Å². The molecule has 0 N–H and O–H groups in total. The highest BCUT2D eigenvalue weighted by atomic mass is 16.5. The molecule has 2 atom stereocenters. The molecule has 0 spiro atoms.